The molecule has 4 heteroatoms. The van der Waals surface area contributed by atoms with Crippen molar-refractivity contribution in [2.45, 2.75) is 32.9 Å². The maximum atomic E-state index is 11.4. The van der Waals surface area contributed by atoms with E-state index in [2.05, 4.69) is 5.32 Å². The van der Waals surface area contributed by atoms with Gasteiger partial charge in [-0.3, -0.25) is 0 Å². The van der Waals surface area contributed by atoms with Gasteiger partial charge in [0.15, 0.2) is 0 Å². The van der Waals surface area contributed by atoms with Crippen LogP contribution in [0.1, 0.15) is 43.1 Å². The van der Waals surface area contributed by atoms with Gasteiger partial charge in [0.1, 0.15) is 5.76 Å². The second-order valence-corrected chi connectivity index (χ2v) is 3.67. The van der Waals surface area contributed by atoms with E-state index < -0.39 is 5.97 Å². The molecule has 0 amide bonds. The van der Waals surface area contributed by atoms with Gasteiger partial charge in [-0.15, -0.1) is 0 Å². The summed E-state index contributed by atoms with van der Waals surface area (Å²) in [5.41, 5.74) is 0. The van der Waals surface area contributed by atoms with E-state index in [-0.39, 0.29) is 17.9 Å². The van der Waals surface area contributed by atoms with Gasteiger partial charge < -0.3 is 14.5 Å². The van der Waals surface area contributed by atoms with Crippen LogP contribution in [-0.2, 0) is 4.74 Å². The lowest BCUT2D eigenvalue weighted by molar-refractivity contribution is 0.0339. The van der Waals surface area contributed by atoms with Crippen molar-refractivity contribution >= 4 is 5.97 Å². The predicted octanol–water partition coefficient (Wildman–Crippen LogP) is 2.13. The van der Waals surface area contributed by atoms with Crippen molar-refractivity contribution in [2.24, 2.45) is 0 Å². The van der Waals surface area contributed by atoms with Gasteiger partial charge in [0.05, 0.1) is 12.1 Å². The lowest BCUT2D eigenvalue weighted by Gasteiger charge is -2.07. The standard InChI is InChI=1S/C11H17NO3/c1-7(2)14-11(13)10-6-5-9(15-10)8(3)12-4/h5-8,12H,1-4H3. The molecule has 4 nitrogen and oxygen atoms in total. The Morgan fingerprint density at radius 3 is 2.60 bits per heavy atom. The van der Waals surface area contributed by atoms with Gasteiger partial charge in [-0.25, -0.2) is 4.79 Å². The molecule has 0 saturated heterocycles. The average molecular weight is 211 g/mol. The lowest BCUT2D eigenvalue weighted by atomic mass is 10.3. The zero-order valence-electron chi connectivity index (χ0n) is 9.53. The van der Waals surface area contributed by atoms with Crippen LogP contribution in [0.3, 0.4) is 0 Å². The van der Waals surface area contributed by atoms with Crippen LogP contribution in [-0.4, -0.2) is 19.1 Å². The summed E-state index contributed by atoms with van der Waals surface area (Å²) in [4.78, 5) is 11.4. The zero-order chi connectivity index (χ0) is 11.4. The summed E-state index contributed by atoms with van der Waals surface area (Å²) in [6.45, 7) is 5.56. The van der Waals surface area contributed by atoms with Crippen LogP contribution in [0.5, 0.6) is 0 Å². The van der Waals surface area contributed by atoms with Crippen LogP contribution in [0.25, 0.3) is 0 Å². The van der Waals surface area contributed by atoms with E-state index in [1.165, 1.54) is 0 Å². The monoisotopic (exact) mass is 211 g/mol. The van der Waals surface area contributed by atoms with E-state index in [1.807, 2.05) is 14.0 Å². The first kappa shape index (κ1) is 11.8. The van der Waals surface area contributed by atoms with Crippen LogP contribution in [0.4, 0.5) is 0 Å². The van der Waals surface area contributed by atoms with Crippen molar-refractivity contribution in [3.05, 3.63) is 23.7 Å². The molecule has 1 heterocycles. The molecule has 0 spiro atoms. The third kappa shape index (κ3) is 3.09. The highest BCUT2D eigenvalue weighted by Crippen LogP contribution is 2.16. The molecule has 1 rings (SSSR count). The molecule has 0 aliphatic carbocycles. The highest BCUT2D eigenvalue weighted by molar-refractivity contribution is 5.86. The summed E-state index contributed by atoms with van der Waals surface area (Å²) in [6.07, 6.45) is -0.132. The number of rotatable bonds is 4. The topological polar surface area (TPSA) is 51.5 Å². The molecule has 15 heavy (non-hydrogen) atoms. The molecule has 1 aromatic heterocycles. The summed E-state index contributed by atoms with van der Waals surface area (Å²) in [5, 5.41) is 3.03. The van der Waals surface area contributed by atoms with Crippen molar-refractivity contribution in [1.82, 2.24) is 5.32 Å². The van der Waals surface area contributed by atoms with Crippen LogP contribution in [0, 0.1) is 0 Å². The van der Waals surface area contributed by atoms with Gasteiger partial charge in [0.25, 0.3) is 0 Å². The third-order valence-electron chi connectivity index (χ3n) is 2.03. The molecular formula is C11H17NO3. The van der Waals surface area contributed by atoms with Gasteiger partial charge in [-0.1, -0.05) is 0 Å². The Balaban J connectivity index is 2.71. The first-order valence-electron chi connectivity index (χ1n) is 5.02. The summed E-state index contributed by atoms with van der Waals surface area (Å²) < 4.78 is 10.4. The number of nitrogens with one attached hydrogen (secondary N) is 1. The summed E-state index contributed by atoms with van der Waals surface area (Å²) in [6, 6.07) is 3.50. The van der Waals surface area contributed by atoms with E-state index in [0.717, 1.165) is 5.76 Å². The minimum atomic E-state index is -0.417. The first-order valence-corrected chi connectivity index (χ1v) is 5.02. The summed E-state index contributed by atoms with van der Waals surface area (Å²) in [7, 11) is 1.83. The molecule has 0 radical (unpaired) electrons. The molecule has 84 valence electrons. The maximum Gasteiger partial charge on any atom is 0.374 e. The third-order valence-corrected chi connectivity index (χ3v) is 2.03. The molecular weight excluding hydrogens is 194 g/mol. The largest absolute Gasteiger partial charge is 0.457 e. The van der Waals surface area contributed by atoms with Crippen molar-refractivity contribution in [2.75, 3.05) is 7.05 Å². The normalized spacial score (nSPS) is 12.9. The Hall–Kier alpha value is -1.29. The van der Waals surface area contributed by atoms with Crippen molar-refractivity contribution in [1.29, 1.82) is 0 Å². The quantitative estimate of drug-likeness (QED) is 0.775. The average Bonchev–Trinajstić information content (AvgIpc) is 2.64. The molecule has 0 fully saturated rings. The van der Waals surface area contributed by atoms with Crippen molar-refractivity contribution in [3.63, 3.8) is 0 Å². The smallest absolute Gasteiger partial charge is 0.374 e. The van der Waals surface area contributed by atoms with E-state index in [1.54, 1.807) is 26.0 Å². The number of ether oxygens (including phenoxy) is 1. The fourth-order valence-electron chi connectivity index (χ4n) is 1.11. The molecule has 1 aromatic rings. The maximum absolute atomic E-state index is 11.4. The summed E-state index contributed by atoms with van der Waals surface area (Å²) >= 11 is 0. The molecule has 1 N–H and O–H groups in total. The second kappa shape index (κ2) is 4.98. The molecule has 0 aliphatic heterocycles. The predicted molar refractivity (Wildman–Crippen MR) is 56.7 cm³/mol. The molecule has 0 saturated carbocycles. The van der Waals surface area contributed by atoms with Crippen LogP contribution >= 0.6 is 0 Å². The van der Waals surface area contributed by atoms with Crippen molar-refractivity contribution < 1.29 is 13.9 Å². The highest BCUT2D eigenvalue weighted by Gasteiger charge is 2.15. The van der Waals surface area contributed by atoms with Gasteiger partial charge in [0, 0.05) is 0 Å². The molecule has 1 atom stereocenters. The lowest BCUT2D eigenvalue weighted by Crippen LogP contribution is -2.12. The van der Waals surface area contributed by atoms with Crippen molar-refractivity contribution in [3.8, 4) is 0 Å². The molecule has 0 aromatic carbocycles. The number of furan rings is 1. The minimum Gasteiger partial charge on any atom is -0.457 e. The van der Waals surface area contributed by atoms with Gasteiger partial charge in [-0.05, 0) is 40.0 Å². The molecule has 0 aliphatic rings. The molecule has 0 bridgehead atoms. The van der Waals surface area contributed by atoms with E-state index in [0.29, 0.717) is 0 Å². The van der Waals surface area contributed by atoms with E-state index in [9.17, 15) is 4.79 Å². The van der Waals surface area contributed by atoms with Crippen LogP contribution < -0.4 is 5.32 Å². The minimum absolute atomic E-state index is 0.0885. The molecule has 1 unspecified atom stereocenters. The van der Waals surface area contributed by atoms with Crippen LogP contribution in [0.2, 0.25) is 0 Å². The first-order chi connectivity index (χ1) is 7.04. The number of hydrogen-bond acceptors (Lipinski definition) is 4. The Bertz CT molecular complexity index is 330. The van der Waals surface area contributed by atoms with Gasteiger partial charge in [-0.2, -0.15) is 0 Å². The Kier molecular flexibility index (Phi) is 3.91. The number of carbonyl (C=O) groups excluding carboxylic acids is 1. The summed E-state index contributed by atoms with van der Waals surface area (Å²) in [5.74, 6) is 0.563. The Morgan fingerprint density at radius 2 is 2.07 bits per heavy atom. The number of hydrogen-bond donors (Lipinski definition) is 1. The number of esters is 1. The zero-order valence-corrected chi connectivity index (χ0v) is 9.53. The SMILES string of the molecule is CNC(C)c1ccc(C(=O)OC(C)C)o1. The van der Waals surface area contributed by atoms with Gasteiger partial charge >= 0.3 is 5.97 Å². The fourth-order valence-corrected chi connectivity index (χ4v) is 1.11. The highest BCUT2D eigenvalue weighted by atomic mass is 16.6. The fraction of sp³-hybridized carbons (Fsp3) is 0.545. The van der Waals surface area contributed by atoms with E-state index in [4.69, 9.17) is 9.15 Å². The van der Waals surface area contributed by atoms with E-state index >= 15 is 0 Å². The van der Waals surface area contributed by atoms with Gasteiger partial charge in [0.2, 0.25) is 5.76 Å². The number of carbonyl (C=O) groups is 1. The Labute approximate surface area is 89.6 Å². The Morgan fingerprint density at radius 1 is 1.40 bits per heavy atom. The van der Waals surface area contributed by atoms with Crippen LogP contribution in [0.15, 0.2) is 16.5 Å². The second-order valence-electron chi connectivity index (χ2n) is 3.67.